The molecule has 2 atom stereocenters. The largest absolute Gasteiger partial charge is 0.393 e. The van der Waals surface area contributed by atoms with Crippen LogP contribution in [0.3, 0.4) is 0 Å². The van der Waals surface area contributed by atoms with Gasteiger partial charge in [-0.2, -0.15) is 35.1 Å². The maximum atomic E-state index is 12.7. The predicted molar refractivity (Wildman–Crippen MR) is 38.7 cm³/mol. The Hall–Kier alpha value is -0.160. The number of hydrogen-bond acceptors (Lipinski definition) is 2. The minimum Gasteiger partial charge on any atom is -0.360 e. The molecule has 1 aliphatic rings. The van der Waals surface area contributed by atoms with Crippen molar-refractivity contribution in [2.75, 3.05) is 0 Å². The molecule has 2 unspecified atom stereocenters. The van der Waals surface area contributed by atoms with Crippen molar-refractivity contribution in [1.82, 2.24) is 0 Å². The Morgan fingerprint density at radius 3 is 1.53 bits per heavy atom. The SMILES string of the molecule is O=S1C(F)(F)C(F)(F)C(F)(F)C(F)(F)C1(O)Cl. The number of aliphatic hydroxyl groups is 1. The van der Waals surface area contributed by atoms with Gasteiger partial charge in [0.25, 0.3) is 4.39 Å². The molecule has 0 aromatic rings. The molecule has 0 bridgehead atoms. The van der Waals surface area contributed by atoms with Gasteiger partial charge in [-0.05, 0) is 0 Å². The van der Waals surface area contributed by atoms with E-state index in [1.807, 2.05) is 0 Å². The van der Waals surface area contributed by atoms with Gasteiger partial charge in [0.15, 0.2) is 10.8 Å². The first-order valence-electron chi connectivity index (χ1n) is 3.50. The number of alkyl halides is 9. The topological polar surface area (TPSA) is 37.3 Å². The maximum absolute atomic E-state index is 12.7. The van der Waals surface area contributed by atoms with E-state index in [0.29, 0.717) is 0 Å². The van der Waals surface area contributed by atoms with Crippen LogP contribution in [-0.4, -0.2) is 36.7 Å². The minimum atomic E-state index is -6.67. The molecule has 0 aromatic heterocycles. The van der Waals surface area contributed by atoms with Gasteiger partial charge in [-0.15, -0.1) is 0 Å². The van der Waals surface area contributed by atoms with Gasteiger partial charge in [-0.1, -0.05) is 11.6 Å². The van der Waals surface area contributed by atoms with Crippen LogP contribution in [0, 0.1) is 0 Å². The molecule has 0 radical (unpaired) electrons. The zero-order chi connectivity index (χ0) is 14.1. The van der Waals surface area contributed by atoms with Gasteiger partial charge < -0.3 is 5.11 Å². The molecule has 1 fully saturated rings. The standard InChI is InChI=1S/C5HClF8O2S/c6-4(15)2(9,10)1(7,8)3(11,12)5(13,14)17(4)16/h15H. The third kappa shape index (κ3) is 1.33. The molecule has 1 saturated heterocycles. The van der Waals surface area contributed by atoms with Gasteiger partial charge >= 0.3 is 23.0 Å². The molecule has 0 amide bonds. The van der Waals surface area contributed by atoms with Crippen molar-refractivity contribution in [3.63, 3.8) is 0 Å². The van der Waals surface area contributed by atoms with Crippen molar-refractivity contribution in [3.8, 4) is 0 Å². The van der Waals surface area contributed by atoms with Crippen molar-refractivity contribution in [3.05, 3.63) is 0 Å². The summed E-state index contributed by atoms with van der Waals surface area (Å²) in [6, 6.07) is 0. The van der Waals surface area contributed by atoms with E-state index in [-0.39, 0.29) is 0 Å². The molecule has 0 saturated carbocycles. The Morgan fingerprint density at radius 1 is 0.824 bits per heavy atom. The first-order chi connectivity index (χ1) is 7.15. The average Bonchev–Trinajstić information content (AvgIpc) is 2.13. The zero-order valence-corrected chi connectivity index (χ0v) is 8.74. The molecule has 0 spiro atoms. The summed E-state index contributed by atoms with van der Waals surface area (Å²) in [6.45, 7) is 0. The quantitative estimate of drug-likeness (QED) is 0.549. The lowest BCUT2D eigenvalue weighted by Gasteiger charge is -2.46. The minimum absolute atomic E-state index is 4.22. The lowest BCUT2D eigenvalue weighted by molar-refractivity contribution is -0.371. The van der Waals surface area contributed by atoms with Crippen LogP contribution in [0.4, 0.5) is 35.1 Å². The molecule has 1 aliphatic heterocycles. The van der Waals surface area contributed by atoms with Gasteiger partial charge in [0.05, 0.1) is 0 Å². The van der Waals surface area contributed by atoms with Crippen molar-refractivity contribution < 1.29 is 44.4 Å². The van der Waals surface area contributed by atoms with Crippen LogP contribution in [0.25, 0.3) is 0 Å². The molecule has 0 aliphatic carbocycles. The van der Waals surface area contributed by atoms with Crippen LogP contribution in [0.15, 0.2) is 0 Å². The molecule has 1 rings (SSSR count). The summed E-state index contributed by atoms with van der Waals surface area (Å²) < 4.78 is 106. The van der Waals surface area contributed by atoms with Crippen molar-refractivity contribution in [2.24, 2.45) is 0 Å². The highest BCUT2D eigenvalue weighted by atomic mass is 35.5. The Bertz CT molecular complexity index is 348. The molecule has 1 N–H and O–H groups in total. The molecule has 0 aromatic carbocycles. The third-order valence-electron chi connectivity index (χ3n) is 2.02. The second-order valence-electron chi connectivity index (χ2n) is 3.07. The molecule has 12 heteroatoms. The summed E-state index contributed by atoms with van der Waals surface area (Å²) in [6.07, 6.45) is 0. The van der Waals surface area contributed by atoms with E-state index in [9.17, 15) is 39.3 Å². The Kier molecular flexibility index (Phi) is 2.83. The van der Waals surface area contributed by atoms with Gasteiger partial charge in [0.2, 0.25) is 0 Å². The van der Waals surface area contributed by atoms with E-state index in [0.717, 1.165) is 0 Å². The smallest absolute Gasteiger partial charge is 0.360 e. The Balaban J connectivity index is 3.62. The highest BCUT2D eigenvalue weighted by Crippen LogP contribution is 2.64. The van der Waals surface area contributed by atoms with Gasteiger partial charge in [0, 0.05) is 0 Å². The number of halogens is 9. The van der Waals surface area contributed by atoms with E-state index in [4.69, 9.17) is 5.11 Å². The summed E-state index contributed by atoms with van der Waals surface area (Å²) in [5, 5.41) is 2.38. The third-order valence-corrected chi connectivity index (χ3v) is 4.15. The fourth-order valence-corrected chi connectivity index (χ4v) is 2.45. The summed E-state index contributed by atoms with van der Waals surface area (Å²) in [5.41, 5.74) is 0. The van der Waals surface area contributed by atoms with E-state index in [1.54, 1.807) is 0 Å². The van der Waals surface area contributed by atoms with Gasteiger partial charge in [-0.25, -0.2) is 4.21 Å². The summed E-state index contributed by atoms with van der Waals surface area (Å²) in [4.78, 5) is 0. The molecular weight excluding hydrogens is 312 g/mol. The second-order valence-corrected chi connectivity index (χ2v) is 5.48. The van der Waals surface area contributed by atoms with Crippen LogP contribution < -0.4 is 0 Å². The molecular formula is C5HClF8O2S. The van der Waals surface area contributed by atoms with Crippen molar-refractivity contribution in [2.45, 2.75) is 27.4 Å². The Morgan fingerprint density at radius 2 is 1.18 bits per heavy atom. The van der Waals surface area contributed by atoms with Crippen LogP contribution in [0.5, 0.6) is 0 Å². The second kappa shape index (κ2) is 3.23. The highest BCUT2D eigenvalue weighted by molar-refractivity contribution is 7.89. The van der Waals surface area contributed by atoms with E-state index in [1.165, 1.54) is 0 Å². The molecule has 1 heterocycles. The predicted octanol–water partition coefficient (Wildman–Crippen LogP) is 2.13. The fourth-order valence-electron chi connectivity index (χ4n) is 0.976. The molecule has 17 heavy (non-hydrogen) atoms. The highest BCUT2D eigenvalue weighted by Gasteiger charge is 2.93. The first-order valence-corrected chi connectivity index (χ1v) is 5.03. The molecule has 102 valence electrons. The number of rotatable bonds is 0. The van der Waals surface area contributed by atoms with E-state index < -0.39 is 38.2 Å². The fraction of sp³-hybridized carbons (Fsp3) is 1.00. The van der Waals surface area contributed by atoms with E-state index >= 15 is 0 Å². The molecule has 2 nitrogen and oxygen atoms in total. The van der Waals surface area contributed by atoms with E-state index in [2.05, 4.69) is 11.6 Å². The monoisotopic (exact) mass is 312 g/mol. The van der Waals surface area contributed by atoms with Crippen LogP contribution in [0.1, 0.15) is 0 Å². The van der Waals surface area contributed by atoms with Gasteiger partial charge in [0.1, 0.15) is 0 Å². The zero-order valence-electron chi connectivity index (χ0n) is 7.17. The number of hydrogen-bond donors (Lipinski definition) is 1. The lowest BCUT2D eigenvalue weighted by atomic mass is 10.0. The average molecular weight is 313 g/mol. The van der Waals surface area contributed by atoms with Crippen LogP contribution >= 0.6 is 11.6 Å². The van der Waals surface area contributed by atoms with Crippen LogP contribution in [0.2, 0.25) is 0 Å². The summed E-state index contributed by atoms with van der Waals surface area (Å²) in [7, 11) is -4.84. The lowest BCUT2D eigenvalue weighted by Crippen LogP contribution is -2.76. The van der Waals surface area contributed by atoms with Crippen molar-refractivity contribution >= 4 is 22.4 Å². The summed E-state index contributed by atoms with van der Waals surface area (Å²) in [5.74, 6) is -19.5. The summed E-state index contributed by atoms with van der Waals surface area (Å²) >= 11 is 4.22. The first kappa shape index (κ1) is 14.9. The Labute approximate surface area is 95.0 Å². The normalized spacial score (nSPS) is 42.1. The maximum Gasteiger partial charge on any atom is 0.393 e. The van der Waals surface area contributed by atoms with Crippen molar-refractivity contribution in [1.29, 1.82) is 0 Å². The van der Waals surface area contributed by atoms with Gasteiger partial charge in [-0.3, -0.25) is 0 Å². The van der Waals surface area contributed by atoms with Crippen LogP contribution in [-0.2, 0) is 10.8 Å².